The molecule has 0 aliphatic heterocycles. The largest absolute Gasteiger partial charge is 0.354 e. The zero-order valence-corrected chi connectivity index (χ0v) is 20.0. The Labute approximate surface area is 190 Å². The lowest BCUT2D eigenvalue weighted by atomic mass is 10.1. The number of thioether (sulfide) groups is 1. The summed E-state index contributed by atoms with van der Waals surface area (Å²) < 4.78 is 0.940. The van der Waals surface area contributed by atoms with Crippen molar-refractivity contribution in [3.05, 3.63) is 63.6 Å². The summed E-state index contributed by atoms with van der Waals surface area (Å²) >= 11 is 10.8. The Balaban J connectivity index is 2.12. The highest BCUT2D eigenvalue weighted by Gasteiger charge is 2.26. The number of benzene rings is 2. The second-order valence-electron chi connectivity index (χ2n) is 7.21. The van der Waals surface area contributed by atoms with E-state index in [9.17, 15) is 9.59 Å². The number of carbonyl (C=O) groups is 2. The van der Waals surface area contributed by atoms with E-state index in [0.717, 1.165) is 14.9 Å². The molecule has 7 heteroatoms. The maximum Gasteiger partial charge on any atom is 0.242 e. The second-order valence-corrected chi connectivity index (χ2v) is 9.61. The van der Waals surface area contributed by atoms with E-state index in [2.05, 4.69) is 21.2 Å². The zero-order chi connectivity index (χ0) is 21.4. The van der Waals surface area contributed by atoms with Gasteiger partial charge >= 0.3 is 0 Å². The van der Waals surface area contributed by atoms with Crippen LogP contribution in [0, 0.1) is 5.92 Å². The molecule has 1 atom stereocenters. The highest BCUT2D eigenvalue weighted by atomic mass is 79.9. The van der Waals surface area contributed by atoms with Gasteiger partial charge in [-0.1, -0.05) is 53.5 Å². The van der Waals surface area contributed by atoms with Crippen LogP contribution in [-0.2, 0) is 16.1 Å². The van der Waals surface area contributed by atoms with Gasteiger partial charge in [0.15, 0.2) is 0 Å². The average Bonchev–Trinajstić information content (AvgIpc) is 2.69. The Kier molecular flexibility index (Phi) is 9.53. The van der Waals surface area contributed by atoms with Crippen molar-refractivity contribution in [2.24, 2.45) is 5.92 Å². The molecule has 2 rings (SSSR count). The summed E-state index contributed by atoms with van der Waals surface area (Å²) in [4.78, 5) is 28.3. The van der Waals surface area contributed by atoms with Gasteiger partial charge in [-0.25, -0.2) is 0 Å². The van der Waals surface area contributed by atoms with Crippen molar-refractivity contribution in [1.82, 2.24) is 10.2 Å². The molecule has 29 heavy (non-hydrogen) atoms. The Morgan fingerprint density at radius 3 is 2.45 bits per heavy atom. The molecular formula is C22H26BrClN2O2S. The summed E-state index contributed by atoms with van der Waals surface area (Å²) in [6.45, 7) is 6.81. The van der Waals surface area contributed by atoms with Crippen molar-refractivity contribution in [2.75, 3.05) is 12.3 Å². The third-order valence-electron chi connectivity index (χ3n) is 4.27. The maximum absolute atomic E-state index is 13.0. The molecule has 0 bridgehead atoms. The van der Waals surface area contributed by atoms with Gasteiger partial charge in [0.2, 0.25) is 11.8 Å². The Morgan fingerprint density at radius 2 is 1.83 bits per heavy atom. The lowest BCUT2D eigenvalue weighted by molar-refractivity contribution is -0.138. The molecule has 1 N–H and O–H groups in total. The quantitative estimate of drug-likeness (QED) is 0.473. The van der Waals surface area contributed by atoms with Crippen molar-refractivity contribution < 1.29 is 9.59 Å². The molecule has 4 nitrogen and oxygen atoms in total. The smallest absolute Gasteiger partial charge is 0.242 e. The molecule has 0 unspecified atom stereocenters. The Morgan fingerprint density at radius 1 is 1.14 bits per heavy atom. The summed E-state index contributed by atoms with van der Waals surface area (Å²) in [6, 6.07) is 14.6. The molecule has 0 aliphatic rings. The van der Waals surface area contributed by atoms with Crippen LogP contribution in [-0.4, -0.2) is 35.1 Å². The zero-order valence-electron chi connectivity index (χ0n) is 16.8. The third kappa shape index (κ3) is 8.03. The predicted molar refractivity (Wildman–Crippen MR) is 124 cm³/mol. The molecular weight excluding hydrogens is 472 g/mol. The molecule has 0 aliphatic carbocycles. The summed E-state index contributed by atoms with van der Waals surface area (Å²) in [7, 11) is 0. The van der Waals surface area contributed by atoms with Crippen molar-refractivity contribution >= 4 is 51.1 Å². The van der Waals surface area contributed by atoms with Crippen LogP contribution < -0.4 is 5.32 Å². The van der Waals surface area contributed by atoms with Gasteiger partial charge < -0.3 is 10.2 Å². The van der Waals surface area contributed by atoms with Crippen LogP contribution in [0.1, 0.15) is 26.3 Å². The first-order chi connectivity index (χ1) is 13.8. The topological polar surface area (TPSA) is 49.4 Å². The van der Waals surface area contributed by atoms with Gasteiger partial charge in [-0.3, -0.25) is 9.59 Å². The number of amides is 2. The summed E-state index contributed by atoms with van der Waals surface area (Å²) in [5.74, 6) is 0.369. The monoisotopic (exact) mass is 496 g/mol. The SMILES string of the molecule is CC(C)CNC(=O)[C@@H](C)N(Cc1cccc(Br)c1)C(=O)CSc1ccc(Cl)cc1. The minimum atomic E-state index is -0.564. The fourth-order valence-electron chi connectivity index (χ4n) is 2.63. The van der Waals surface area contributed by atoms with Crippen molar-refractivity contribution in [1.29, 1.82) is 0 Å². The summed E-state index contributed by atoms with van der Waals surface area (Å²) in [6.07, 6.45) is 0. The van der Waals surface area contributed by atoms with Crippen molar-refractivity contribution in [3.63, 3.8) is 0 Å². The number of nitrogens with one attached hydrogen (secondary N) is 1. The van der Waals surface area contributed by atoms with E-state index in [0.29, 0.717) is 24.0 Å². The van der Waals surface area contributed by atoms with Gasteiger partial charge in [0.25, 0.3) is 0 Å². The number of hydrogen-bond donors (Lipinski definition) is 1. The first-order valence-corrected chi connectivity index (χ1v) is 11.6. The third-order valence-corrected chi connectivity index (χ3v) is 6.01. The van der Waals surface area contributed by atoms with Gasteiger partial charge in [-0.2, -0.15) is 0 Å². The van der Waals surface area contributed by atoms with Crippen LogP contribution in [0.2, 0.25) is 5.02 Å². The highest BCUT2D eigenvalue weighted by molar-refractivity contribution is 9.10. The molecule has 2 aromatic rings. The van der Waals surface area contributed by atoms with E-state index in [1.54, 1.807) is 24.0 Å². The normalized spacial score (nSPS) is 11.9. The maximum atomic E-state index is 13.0. The molecule has 0 fully saturated rings. The van der Waals surface area contributed by atoms with Gasteiger partial charge in [0.05, 0.1) is 5.75 Å². The van der Waals surface area contributed by atoms with Crippen LogP contribution >= 0.6 is 39.3 Å². The molecule has 0 spiro atoms. The van der Waals surface area contributed by atoms with Gasteiger partial charge in [0, 0.05) is 27.5 Å². The fraction of sp³-hybridized carbons (Fsp3) is 0.364. The molecule has 2 aromatic carbocycles. The average molecular weight is 498 g/mol. The lowest BCUT2D eigenvalue weighted by Gasteiger charge is -2.29. The molecule has 0 aromatic heterocycles. The Hall–Kier alpha value is -1.50. The number of nitrogens with zero attached hydrogens (tertiary/aromatic N) is 1. The minimum absolute atomic E-state index is 0.0860. The minimum Gasteiger partial charge on any atom is -0.354 e. The predicted octanol–water partition coefficient (Wildman–Crippen LogP) is 5.38. The van der Waals surface area contributed by atoms with Crippen molar-refractivity contribution in [2.45, 2.75) is 38.3 Å². The first kappa shape index (κ1) is 23.8. The first-order valence-electron chi connectivity index (χ1n) is 9.46. The van der Waals surface area contributed by atoms with E-state index < -0.39 is 6.04 Å². The number of carbonyl (C=O) groups excluding carboxylic acids is 2. The lowest BCUT2D eigenvalue weighted by Crippen LogP contribution is -2.48. The van der Waals surface area contributed by atoms with Crippen molar-refractivity contribution in [3.8, 4) is 0 Å². The molecule has 0 saturated heterocycles. The van der Waals surface area contributed by atoms with E-state index in [4.69, 9.17) is 11.6 Å². The van der Waals surface area contributed by atoms with Gasteiger partial charge in [-0.15, -0.1) is 11.8 Å². The number of halogens is 2. The number of rotatable bonds is 9. The Bertz CT molecular complexity index is 830. The van der Waals surface area contributed by atoms with E-state index in [1.165, 1.54) is 11.8 Å². The fourth-order valence-corrected chi connectivity index (χ4v) is 3.98. The molecule has 0 heterocycles. The van der Waals surface area contributed by atoms with E-state index in [1.807, 2.05) is 50.2 Å². The van der Waals surface area contributed by atoms with Crippen LogP contribution in [0.5, 0.6) is 0 Å². The van der Waals surface area contributed by atoms with Gasteiger partial charge in [0.1, 0.15) is 6.04 Å². The molecule has 0 saturated carbocycles. The van der Waals surface area contributed by atoms with E-state index >= 15 is 0 Å². The molecule has 0 radical (unpaired) electrons. The molecule has 2 amide bonds. The summed E-state index contributed by atoms with van der Waals surface area (Å²) in [5.41, 5.74) is 0.965. The van der Waals surface area contributed by atoms with Gasteiger partial charge in [-0.05, 0) is 54.8 Å². The number of hydrogen-bond acceptors (Lipinski definition) is 3. The van der Waals surface area contributed by atoms with Crippen LogP contribution in [0.3, 0.4) is 0 Å². The van der Waals surface area contributed by atoms with Crippen LogP contribution in [0.25, 0.3) is 0 Å². The molecule has 156 valence electrons. The van der Waals surface area contributed by atoms with Crippen LogP contribution in [0.15, 0.2) is 57.9 Å². The highest BCUT2D eigenvalue weighted by Crippen LogP contribution is 2.22. The summed E-state index contributed by atoms with van der Waals surface area (Å²) in [5, 5.41) is 3.59. The van der Waals surface area contributed by atoms with Crippen LogP contribution in [0.4, 0.5) is 0 Å². The standard InChI is InChI=1S/C22H26BrClN2O2S/c1-15(2)12-25-22(28)16(3)26(13-17-5-4-6-18(23)11-17)21(27)14-29-20-9-7-19(24)8-10-20/h4-11,15-16H,12-14H2,1-3H3,(H,25,28)/t16-/m1/s1. The second kappa shape index (κ2) is 11.6. The van der Waals surface area contributed by atoms with E-state index in [-0.39, 0.29) is 17.6 Å².